The Balaban J connectivity index is 1.50. The molecule has 4 rings (SSSR count). The number of rotatable bonds is 5. The number of fused-ring (bicyclic) bond motifs is 1. The molecule has 1 saturated heterocycles. The lowest BCUT2D eigenvalue weighted by Crippen LogP contribution is -2.24. The third kappa shape index (κ3) is 2.36. The van der Waals surface area contributed by atoms with Crippen LogP contribution in [0.3, 0.4) is 0 Å². The van der Waals surface area contributed by atoms with Gasteiger partial charge < -0.3 is 10.2 Å². The first-order valence-corrected chi connectivity index (χ1v) is 8.29. The third-order valence-corrected chi connectivity index (χ3v) is 5.86. The zero-order valence-electron chi connectivity index (χ0n) is 11.7. The van der Waals surface area contributed by atoms with E-state index in [1.54, 1.807) is 0 Å². The van der Waals surface area contributed by atoms with Crippen molar-refractivity contribution in [1.29, 1.82) is 0 Å². The molecule has 1 N–H and O–H groups in total. The topological polar surface area (TPSA) is 33.6 Å². The first-order chi connectivity index (χ1) is 10.2. The Morgan fingerprint density at radius 3 is 2.95 bits per heavy atom. The molecule has 1 aromatic carbocycles. The van der Waals surface area contributed by atoms with Gasteiger partial charge in [-0.25, -0.2) is 0 Å². The normalized spacial score (nSPS) is 34.2. The van der Waals surface area contributed by atoms with Crippen LogP contribution in [0.2, 0.25) is 10.0 Å². The molecule has 0 spiro atoms. The Kier molecular flexibility index (Phi) is 3.40. The van der Waals surface area contributed by atoms with Crippen molar-refractivity contribution < 1.29 is 4.84 Å². The first kappa shape index (κ1) is 13.9. The maximum absolute atomic E-state index is 6.18. The highest BCUT2D eigenvalue weighted by molar-refractivity contribution is 6.42. The van der Waals surface area contributed by atoms with Crippen molar-refractivity contribution in [3.8, 4) is 0 Å². The van der Waals surface area contributed by atoms with Crippen LogP contribution in [-0.2, 0) is 10.3 Å². The number of piperidine rings is 1. The van der Waals surface area contributed by atoms with Crippen LogP contribution in [0.15, 0.2) is 23.4 Å². The molecule has 0 aromatic heterocycles. The number of hydrogen-bond donors (Lipinski definition) is 1. The summed E-state index contributed by atoms with van der Waals surface area (Å²) in [6, 6.07) is 5.98. The molecule has 3 aliphatic rings. The molecule has 3 atom stereocenters. The minimum Gasteiger partial charge on any atom is -0.396 e. The van der Waals surface area contributed by atoms with E-state index in [1.165, 1.54) is 18.4 Å². The van der Waals surface area contributed by atoms with Crippen LogP contribution in [0.5, 0.6) is 0 Å². The van der Waals surface area contributed by atoms with Crippen molar-refractivity contribution in [3.63, 3.8) is 0 Å². The number of halogens is 2. The molecule has 2 aliphatic carbocycles. The number of benzene rings is 1. The van der Waals surface area contributed by atoms with E-state index in [-0.39, 0.29) is 5.41 Å². The molecule has 5 heteroatoms. The monoisotopic (exact) mass is 324 g/mol. The molecule has 1 aliphatic heterocycles. The summed E-state index contributed by atoms with van der Waals surface area (Å²) in [5, 5.41) is 8.90. The lowest BCUT2D eigenvalue weighted by atomic mass is 9.93. The summed E-state index contributed by atoms with van der Waals surface area (Å²) < 4.78 is 0. The van der Waals surface area contributed by atoms with Gasteiger partial charge in [0.25, 0.3) is 0 Å². The lowest BCUT2D eigenvalue weighted by molar-refractivity contribution is 0.134. The van der Waals surface area contributed by atoms with E-state index >= 15 is 0 Å². The summed E-state index contributed by atoms with van der Waals surface area (Å²) in [4.78, 5) is 5.40. The van der Waals surface area contributed by atoms with Gasteiger partial charge in [0.1, 0.15) is 6.61 Å². The Hall–Kier alpha value is -0.770. The SMILES string of the molecule is Clc1ccc(C23CNCC2C3/C=N/OCC2CC2)cc1Cl. The molecule has 3 unspecified atom stereocenters. The zero-order valence-corrected chi connectivity index (χ0v) is 13.2. The molecular weight excluding hydrogens is 307 g/mol. The minimum atomic E-state index is 0.126. The summed E-state index contributed by atoms with van der Waals surface area (Å²) in [5.41, 5.74) is 1.38. The van der Waals surface area contributed by atoms with E-state index in [4.69, 9.17) is 28.0 Å². The predicted molar refractivity (Wildman–Crippen MR) is 85.2 cm³/mol. The largest absolute Gasteiger partial charge is 0.396 e. The summed E-state index contributed by atoms with van der Waals surface area (Å²) >= 11 is 12.2. The van der Waals surface area contributed by atoms with Gasteiger partial charge in [-0.1, -0.05) is 34.4 Å². The fraction of sp³-hybridized carbons (Fsp3) is 0.562. The third-order valence-electron chi connectivity index (χ3n) is 5.12. The molecular formula is C16H18Cl2N2O. The second kappa shape index (κ2) is 5.15. The van der Waals surface area contributed by atoms with Gasteiger partial charge >= 0.3 is 0 Å². The Morgan fingerprint density at radius 2 is 2.19 bits per heavy atom. The van der Waals surface area contributed by atoms with Crippen molar-refractivity contribution in [3.05, 3.63) is 33.8 Å². The van der Waals surface area contributed by atoms with Gasteiger partial charge in [0.15, 0.2) is 0 Å². The van der Waals surface area contributed by atoms with E-state index < -0.39 is 0 Å². The van der Waals surface area contributed by atoms with Gasteiger partial charge in [0, 0.05) is 24.1 Å². The van der Waals surface area contributed by atoms with E-state index in [0.29, 0.717) is 21.9 Å². The van der Waals surface area contributed by atoms with Crippen LogP contribution in [0.1, 0.15) is 18.4 Å². The van der Waals surface area contributed by atoms with Crippen molar-refractivity contribution >= 4 is 29.4 Å². The van der Waals surface area contributed by atoms with Crippen LogP contribution >= 0.6 is 23.2 Å². The number of hydrogen-bond acceptors (Lipinski definition) is 3. The number of nitrogens with one attached hydrogen (secondary N) is 1. The average molecular weight is 325 g/mol. The first-order valence-electron chi connectivity index (χ1n) is 7.53. The van der Waals surface area contributed by atoms with Crippen LogP contribution in [0, 0.1) is 17.8 Å². The fourth-order valence-corrected chi connectivity index (χ4v) is 3.91. The molecule has 1 aromatic rings. The fourth-order valence-electron chi connectivity index (χ4n) is 3.62. The maximum atomic E-state index is 6.18. The molecule has 0 bridgehead atoms. The standard InChI is InChI=1S/C16H18Cl2N2O/c17-14-4-3-11(5-15(14)18)16-9-19-6-12(16)13(16)7-20-21-8-10-1-2-10/h3-5,7,10,12-13,19H,1-2,6,8-9H2/b20-7+. The highest BCUT2D eigenvalue weighted by Gasteiger charge is 2.67. The lowest BCUT2D eigenvalue weighted by Gasteiger charge is -2.15. The molecule has 3 fully saturated rings. The van der Waals surface area contributed by atoms with Crippen LogP contribution in [0.4, 0.5) is 0 Å². The summed E-state index contributed by atoms with van der Waals surface area (Å²) in [6.45, 7) is 2.76. The van der Waals surface area contributed by atoms with Gasteiger partial charge in [-0.15, -0.1) is 0 Å². The van der Waals surface area contributed by atoms with E-state index in [2.05, 4.69) is 16.5 Å². The molecule has 0 amide bonds. The zero-order chi connectivity index (χ0) is 14.4. The van der Waals surface area contributed by atoms with Gasteiger partial charge in [0.05, 0.1) is 10.0 Å². The summed E-state index contributed by atoms with van der Waals surface area (Å²) in [7, 11) is 0. The smallest absolute Gasteiger partial charge is 0.120 e. The Bertz CT molecular complexity index is 588. The van der Waals surface area contributed by atoms with Crippen molar-refractivity contribution in [1.82, 2.24) is 5.32 Å². The molecule has 112 valence electrons. The van der Waals surface area contributed by atoms with Crippen molar-refractivity contribution in [2.45, 2.75) is 18.3 Å². The maximum Gasteiger partial charge on any atom is 0.120 e. The predicted octanol–water partition coefficient (Wildman–Crippen LogP) is 3.49. The highest BCUT2D eigenvalue weighted by atomic mass is 35.5. The average Bonchev–Trinajstić information content (AvgIpc) is 3.36. The number of nitrogens with zero attached hydrogens (tertiary/aromatic N) is 1. The molecule has 0 radical (unpaired) electrons. The van der Waals surface area contributed by atoms with Gasteiger partial charge in [-0.05, 0) is 48.9 Å². The Labute approximate surface area is 134 Å². The molecule has 1 heterocycles. The molecule has 2 saturated carbocycles. The van der Waals surface area contributed by atoms with Crippen molar-refractivity contribution in [2.75, 3.05) is 19.7 Å². The van der Waals surface area contributed by atoms with Gasteiger partial charge in [-0.2, -0.15) is 0 Å². The van der Waals surface area contributed by atoms with Crippen LogP contribution < -0.4 is 5.32 Å². The quantitative estimate of drug-likeness (QED) is 0.664. The summed E-state index contributed by atoms with van der Waals surface area (Å²) in [5.74, 6) is 1.77. The van der Waals surface area contributed by atoms with E-state index in [9.17, 15) is 0 Å². The van der Waals surface area contributed by atoms with E-state index in [1.807, 2.05) is 18.3 Å². The second-order valence-corrected chi connectivity index (χ2v) is 7.24. The molecule has 3 nitrogen and oxygen atoms in total. The van der Waals surface area contributed by atoms with Crippen LogP contribution in [0.25, 0.3) is 0 Å². The Morgan fingerprint density at radius 1 is 1.33 bits per heavy atom. The van der Waals surface area contributed by atoms with Crippen molar-refractivity contribution in [2.24, 2.45) is 22.9 Å². The summed E-state index contributed by atoms with van der Waals surface area (Å²) in [6.07, 6.45) is 4.58. The molecule has 21 heavy (non-hydrogen) atoms. The van der Waals surface area contributed by atoms with E-state index in [0.717, 1.165) is 25.6 Å². The highest BCUT2D eigenvalue weighted by Crippen LogP contribution is 2.61. The minimum absolute atomic E-state index is 0.126. The van der Waals surface area contributed by atoms with Crippen LogP contribution in [-0.4, -0.2) is 25.9 Å². The number of oxime groups is 1. The van der Waals surface area contributed by atoms with Gasteiger partial charge in [-0.3, -0.25) is 0 Å². The van der Waals surface area contributed by atoms with Gasteiger partial charge in [0.2, 0.25) is 0 Å². The second-order valence-electron chi connectivity index (χ2n) is 6.43.